The molecule has 12 N–H and O–H groups in total. The zero-order chi connectivity index (χ0) is 98.4. The van der Waals surface area contributed by atoms with Gasteiger partial charge in [-0.3, -0.25) is 0 Å². The molecule has 6 aromatic heterocycles. The van der Waals surface area contributed by atoms with E-state index in [2.05, 4.69) is 76.8 Å². The highest BCUT2D eigenvalue weighted by Gasteiger charge is 2.49. The summed E-state index contributed by atoms with van der Waals surface area (Å²) >= 11 is 2.03. The summed E-state index contributed by atoms with van der Waals surface area (Å²) in [6.45, 7) is 1.39. The first-order valence-electron chi connectivity index (χ1n) is 46.7. The molecule has 0 aliphatic heterocycles. The van der Waals surface area contributed by atoms with Gasteiger partial charge in [-0.15, -0.1) is 15.3 Å². The van der Waals surface area contributed by atoms with Crippen LogP contribution in [0.4, 0.5) is 30.6 Å². The minimum atomic E-state index is -2.68. The highest BCUT2D eigenvalue weighted by atomic mass is 32.2. The third-order valence-electron chi connectivity index (χ3n) is 18.1. The lowest BCUT2D eigenvalue weighted by Gasteiger charge is -2.17. The number of anilines is 3. The van der Waals surface area contributed by atoms with Crippen LogP contribution < -0.4 is 16.0 Å². The molecule has 15 rings (SSSR count). The normalized spacial score (nSPS) is 33.0. The fourth-order valence-electron chi connectivity index (χ4n) is 12.3. The molecule has 6 saturated carbocycles. The third kappa shape index (κ3) is 17.5. The molecule has 108 heavy (non-hydrogen) atoms. The summed E-state index contributed by atoms with van der Waals surface area (Å²) in [5.74, 6) is -6.89. The number of ether oxygens (including phenoxy) is 3. The average molecular weight is 1580 g/mol. The molecule has 3 aromatic carbocycles. The lowest BCUT2D eigenvalue weighted by Crippen LogP contribution is -2.33. The Morgan fingerprint density at radius 3 is 1.10 bits per heavy atom. The van der Waals surface area contributed by atoms with Gasteiger partial charge in [-0.1, -0.05) is 108 Å². The van der Waals surface area contributed by atoms with Crippen molar-refractivity contribution in [3.8, 4) is 0 Å². The van der Waals surface area contributed by atoms with Crippen molar-refractivity contribution in [1.29, 1.82) is 0 Å². The molecule has 6 aliphatic carbocycles. The van der Waals surface area contributed by atoms with Crippen LogP contribution in [0, 0.1) is 38.2 Å². The van der Waals surface area contributed by atoms with Crippen LogP contribution in [0.2, 0.25) is 0 Å². The number of halogens is 3. The van der Waals surface area contributed by atoms with E-state index in [0.717, 1.165) is 4.68 Å². The molecule has 0 bridgehead atoms. The first kappa shape index (κ1) is 52.9. The Balaban J connectivity index is 0.000000169. The molecule has 0 unspecified atom stereocenters. The van der Waals surface area contributed by atoms with Gasteiger partial charge < -0.3 is 76.1 Å². The summed E-state index contributed by atoms with van der Waals surface area (Å²) in [7, 11) is 0. The molecule has 0 spiro atoms. The standard InChI is InChI=1S/3C24H31FN6O4S/c3*1-3-8-36-24-27-22(26-16-10-14(16)13-5-4-12(2)15(25)9-13)19-23(28-24)31(30-29-19)17-11-18(35-7-6-32)21(34)20(17)33/h3*4-5,9,14,16-18,20-21,32-34H,3,6-8,10-11H2,1-2H3,(H,26,27,28)/t3*14-,16+,17+,18-,20-,21+/m000/s1/i4D,5D,7D2,8D2,9D,10D2;4D,5D,6D2,8D2,9D,10D2;4D,5D,8D2,9D,10D2. The van der Waals surface area contributed by atoms with E-state index in [0.29, 0.717) is 35.3 Å². The van der Waals surface area contributed by atoms with Crippen LogP contribution in [0.3, 0.4) is 0 Å². The first-order valence-corrected chi connectivity index (χ1v) is 36.7. The summed E-state index contributed by atoms with van der Waals surface area (Å²) in [5, 5.41) is 125. The van der Waals surface area contributed by atoms with Crippen molar-refractivity contribution >= 4 is 86.2 Å². The minimum Gasteiger partial charge on any atom is -0.394 e. The first-order chi connectivity index (χ1) is 61.8. The Morgan fingerprint density at radius 2 is 0.796 bits per heavy atom. The topological polar surface area (TPSA) is 415 Å². The van der Waals surface area contributed by atoms with Gasteiger partial charge in [-0.05, 0) is 111 Å². The van der Waals surface area contributed by atoms with Crippen molar-refractivity contribution in [2.24, 2.45) is 0 Å². The quantitative estimate of drug-likeness (QED) is 0.0168. The molecule has 6 aliphatic rings. The second-order valence-electron chi connectivity index (χ2n) is 25.4. The van der Waals surface area contributed by atoms with E-state index in [1.807, 2.05) is 0 Å². The van der Waals surface area contributed by atoms with Crippen LogP contribution in [-0.2, 0) is 14.2 Å². The van der Waals surface area contributed by atoms with Crippen molar-refractivity contribution in [2.75, 3.05) is 72.6 Å². The van der Waals surface area contributed by atoms with Crippen LogP contribution in [0.1, 0.15) is 182 Å². The zero-order valence-corrected chi connectivity index (χ0v) is 60.7. The number of nitrogens with zero attached hydrogens (tertiary/aromatic N) is 15. The lowest BCUT2D eigenvalue weighted by molar-refractivity contribution is -0.0629. The molecule has 36 heteroatoms. The van der Waals surface area contributed by atoms with Crippen molar-refractivity contribution in [1.82, 2.24) is 74.9 Å². The molecule has 9 aromatic rings. The number of aliphatic hydroxyl groups is 9. The van der Waals surface area contributed by atoms with Crippen molar-refractivity contribution in [2.45, 2.75) is 224 Å². The van der Waals surface area contributed by atoms with Gasteiger partial charge in [-0.2, -0.15) is 0 Å². The van der Waals surface area contributed by atoms with Crippen molar-refractivity contribution < 1.29 is 108 Å². The molecule has 0 amide bonds. The summed E-state index contributed by atoms with van der Waals surface area (Å²) in [6, 6.07) is -11.2. The third-order valence-corrected chi connectivity index (χ3v) is 20.5. The van der Waals surface area contributed by atoms with Gasteiger partial charge >= 0.3 is 0 Å². The SMILES string of the molecule is [2H]c1c([2H])c([C@H]2[C@H](Nc3nc(SC([2H])([2H])CC)nc4c3nnn4[C@@H]3C[C@H](OC([2H])([2H])CO)[C@@H](O)[C@H]3O)C2([2H])[2H])c([2H])c(F)c1C.[2H]c1c([2H])c([C@H]2[C@H](Nc3nc(SC([2H])([2H])CC)nc4c3nnn4[C@@H]3C[C@H](OCC([2H])([2H])O)[C@@H](O)[C@H]3O)C2([2H])[2H])c([2H])c(F)c1C.[2H]c1c([2H])c([C@H]2[C@H](Nc3nc(SC([2H])([2H])CC)nc4c3nnn4[C@@H]3C[C@H](OCCO)[C@@H](O)[C@H]3O)C2([2H])[2H])c([2H])c(F)c1C. The maximum absolute atomic E-state index is 14.7. The van der Waals surface area contributed by atoms with Gasteiger partial charge in [0.15, 0.2) is 66.4 Å². The van der Waals surface area contributed by atoms with Gasteiger partial charge in [0.05, 0.1) is 93.8 Å². The fraction of sp³-hybridized carbons (Fsp3) is 0.583. The number of hydrogen-bond donors (Lipinski definition) is 12. The van der Waals surface area contributed by atoms with Crippen LogP contribution in [-0.4, -0.2) is 251 Å². The smallest absolute Gasteiger partial charge is 0.191 e. The Kier molecular flexibility index (Phi) is 17.2. The van der Waals surface area contributed by atoms with E-state index in [9.17, 15) is 54.0 Å². The Bertz CT molecular complexity index is 5830. The number of fused-ring (bicyclic) bond motifs is 3. The van der Waals surface area contributed by atoms with Crippen molar-refractivity contribution in [3.63, 3.8) is 0 Å². The highest BCUT2D eigenvalue weighted by Crippen LogP contribution is 2.48. The minimum absolute atomic E-state index is 0.0220. The predicted molar refractivity (Wildman–Crippen MR) is 398 cm³/mol. The molecular weight excluding hydrogens is 1460 g/mol. The van der Waals surface area contributed by atoms with Crippen LogP contribution in [0.25, 0.3) is 33.5 Å². The molecule has 6 heterocycles. The largest absolute Gasteiger partial charge is 0.394 e. The van der Waals surface area contributed by atoms with E-state index in [-0.39, 0.29) is 152 Å². The lowest BCUT2D eigenvalue weighted by atomic mass is 10.1. The van der Waals surface area contributed by atoms with Crippen LogP contribution in [0.5, 0.6) is 0 Å². The zero-order valence-electron chi connectivity index (χ0n) is 83.3. The fourth-order valence-corrected chi connectivity index (χ4v) is 14.0. The van der Waals surface area contributed by atoms with E-state index in [1.165, 1.54) is 30.1 Å². The maximum atomic E-state index is 14.7. The van der Waals surface area contributed by atoms with Crippen LogP contribution >= 0.6 is 35.3 Å². The summed E-state index contributed by atoms with van der Waals surface area (Å²) < 4.78 is 268. The number of thioether (sulfide) groups is 3. The molecule has 0 saturated heterocycles. The van der Waals surface area contributed by atoms with Gasteiger partial charge in [0.1, 0.15) is 54.1 Å². The summed E-state index contributed by atoms with van der Waals surface area (Å²) in [6.07, 6.45) is -18.2. The molecule has 6 fully saturated rings. The number of hydrogen-bond acceptors (Lipinski definition) is 30. The summed E-state index contributed by atoms with van der Waals surface area (Å²) in [5.41, 5.74) is -6.84. The molecule has 582 valence electrons. The van der Waals surface area contributed by atoms with Gasteiger partial charge in [-0.25, -0.2) is 57.1 Å². The Morgan fingerprint density at radius 1 is 0.472 bits per heavy atom. The number of aromatic nitrogens is 15. The second kappa shape index (κ2) is 35.1. The van der Waals surface area contributed by atoms with Gasteiger partial charge in [0.2, 0.25) is 0 Å². The monoisotopic (exact) mass is 1580 g/mol. The second-order valence-corrected chi connectivity index (χ2v) is 28.0. The van der Waals surface area contributed by atoms with E-state index < -0.39 is 243 Å². The number of aliphatic hydroxyl groups excluding tert-OH is 8. The molecular formula is C72H93F3N18O12S3. The van der Waals surface area contributed by atoms with Crippen molar-refractivity contribution in [3.05, 3.63) is 105 Å². The van der Waals surface area contributed by atoms with E-state index >= 15 is 0 Å². The highest BCUT2D eigenvalue weighted by molar-refractivity contribution is 7.99. The van der Waals surface area contributed by atoms with Crippen LogP contribution in [0.15, 0.2) is 69.9 Å². The average Bonchev–Trinajstić information content (AvgIpc) is 1.55. The maximum Gasteiger partial charge on any atom is 0.191 e. The van der Waals surface area contributed by atoms with E-state index in [1.54, 1.807) is 20.8 Å². The predicted octanol–water partition coefficient (Wildman–Crippen LogP) is 6.55. The van der Waals surface area contributed by atoms with Gasteiger partial charge in [0, 0.05) is 88.7 Å². The molecule has 0 radical (unpaired) electrons. The summed E-state index contributed by atoms with van der Waals surface area (Å²) in [4.78, 5) is 26.3. The number of benzene rings is 3. The van der Waals surface area contributed by atoms with E-state index in [4.69, 9.17) is 53.6 Å². The number of nitrogens with one attached hydrogen (secondary N) is 3. The number of rotatable bonds is 30. The Hall–Kier alpha value is -7.14. The van der Waals surface area contributed by atoms with Gasteiger partial charge in [0.25, 0.3) is 0 Å². The molecule has 30 nitrogen and oxygen atoms in total. The molecule has 18 atom stereocenters. The Labute approximate surface area is 668 Å².